The zero-order valence-corrected chi connectivity index (χ0v) is 17.8. The average Bonchev–Trinajstić information content (AvgIpc) is 3.08. The zero-order chi connectivity index (χ0) is 21.3. The molecule has 0 saturated carbocycles. The van der Waals surface area contributed by atoms with E-state index in [0.29, 0.717) is 30.8 Å². The number of aryl methyl sites for hydroxylation is 1. The molecule has 0 aromatic heterocycles. The quantitative estimate of drug-likeness (QED) is 0.759. The van der Waals surface area contributed by atoms with E-state index in [-0.39, 0.29) is 24.2 Å². The van der Waals surface area contributed by atoms with Gasteiger partial charge in [-0.1, -0.05) is 13.0 Å². The van der Waals surface area contributed by atoms with Crippen molar-refractivity contribution in [3.8, 4) is 11.5 Å². The van der Waals surface area contributed by atoms with E-state index in [2.05, 4.69) is 11.8 Å². The third kappa shape index (κ3) is 3.86. The summed E-state index contributed by atoms with van der Waals surface area (Å²) in [5.41, 5.74) is 3.97. The lowest BCUT2D eigenvalue weighted by molar-refractivity contribution is -0.133. The highest BCUT2D eigenvalue weighted by molar-refractivity contribution is 6.04. The highest BCUT2D eigenvalue weighted by Gasteiger charge is 2.31. The predicted octanol–water partition coefficient (Wildman–Crippen LogP) is 3.42. The van der Waals surface area contributed by atoms with E-state index in [1.807, 2.05) is 48.2 Å². The van der Waals surface area contributed by atoms with Crippen molar-refractivity contribution < 1.29 is 19.1 Å². The van der Waals surface area contributed by atoms with E-state index < -0.39 is 0 Å². The number of amides is 1. The molecule has 30 heavy (non-hydrogen) atoms. The van der Waals surface area contributed by atoms with Crippen LogP contribution in [0.2, 0.25) is 0 Å². The molecule has 1 heterocycles. The number of Topliss-reactive ketones (excluding diaryl/α,β-unsaturated/α-hetero) is 1. The van der Waals surface area contributed by atoms with E-state index in [1.165, 1.54) is 0 Å². The van der Waals surface area contributed by atoms with Crippen LogP contribution in [0.1, 0.15) is 40.7 Å². The lowest BCUT2D eigenvalue weighted by Crippen LogP contribution is -2.50. The van der Waals surface area contributed by atoms with Crippen LogP contribution in [0.5, 0.6) is 11.5 Å². The average molecular weight is 408 g/mol. The molecule has 1 saturated heterocycles. The largest absolute Gasteiger partial charge is 0.497 e. The van der Waals surface area contributed by atoms with Gasteiger partial charge in [-0.25, -0.2) is 0 Å². The van der Waals surface area contributed by atoms with Gasteiger partial charge >= 0.3 is 0 Å². The van der Waals surface area contributed by atoms with Crippen LogP contribution in [0.4, 0.5) is 5.69 Å². The van der Waals surface area contributed by atoms with Crippen molar-refractivity contribution >= 4 is 17.4 Å². The molecule has 158 valence electrons. The first-order valence-electron chi connectivity index (χ1n) is 10.4. The van der Waals surface area contributed by atoms with E-state index >= 15 is 0 Å². The van der Waals surface area contributed by atoms with Gasteiger partial charge in [-0.15, -0.1) is 0 Å². The van der Waals surface area contributed by atoms with Crippen LogP contribution in [0.3, 0.4) is 0 Å². The Morgan fingerprint density at radius 1 is 1.07 bits per heavy atom. The summed E-state index contributed by atoms with van der Waals surface area (Å²) in [5, 5.41) is 0. The van der Waals surface area contributed by atoms with Crippen LogP contribution in [0, 0.1) is 6.92 Å². The number of hydrogen-bond donors (Lipinski definition) is 0. The van der Waals surface area contributed by atoms with Crippen molar-refractivity contribution in [3.63, 3.8) is 0 Å². The smallest absolute Gasteiger partial charge is 0.260 e. The number of fused-ring (bicyclic) bond motifs is 1. The van der Waals surface area contributed by atoms with E-state index in [4.69, 9.17) is 9.47 Å². The molecule has 1 amide bonds. The molecule has 2 aliphatic rings. The van der Waals surface area contributed by atoms with E-state index in [9.17, 15) is 9.59 Å². The maximum atomic E-state index is 12.7. The molecule has 1 aliphatic heterocycles. The molecule has 0 N–H and O–H groups in total. The molecule has 1 aliphatic carbocycles. The van der Waals surface area contributed by atoms with Crippen molar-refractivity contribution in [2.75, 3.05) is 44.8 Å². The highest BCUT2D eigenvalue weighted by atomic mass is 16.5. The van der Waals surface area contributed by atoms with Gasteiger partial charge in [-0.3, -0.25) is 9.59 Å². The Labute approximate surface area is 177 Å². The second-order valence-electron chi connectivity index (χ2n) is 8.05. The van der Waals surface area contributed by atoms with Crippen LogP contribution >= 0.6 is 0 Å². The van der Waals surface area contributed by atoms with Gasteiger partial charge in [0.05, 0.1) is 12.7 Å². The SMILES string of the molecule is COc1ccc(N2CCN(C(=O)COc3ccc(C)c4c3C(=O)C[C@H]4C)CC2)cc1. The fourth-order valence-electron chi connectivity index (χ4n) is 4.47. The standard InChI is InChI=1S/C24H28N2O4/c1-16-4-9-21(24-20(27)14-17(2)23(16)24)30-15-22(28)26-12-10-25(11-13-26)18-5-7-19(29-3)8-6-18/h4-9,17H,10-15H2,1-3H3/t17-/m1/s1. The summed E-state index contributed by atoms with van der Waals surface area (Å²) in [5.74, 6) is 1.64. The summed E-state index contributed by atoms with van der Waals surface area (Å²) < 4.78 is 11.0. The van der Waals surface area contributed by atoms with Gasteiger partial charge in [-0.05, 0) is 54.3 Å². The number of ketones is 1. The number of anilines is 1. The summed E-state index contributed by atoms with van der Waals surface area (Å²) in [6.07, 6.45) is 0.512. The van der Waals surface area contributed by atoms with Crippen molar-refractivity contribution in [2.45, 2.75) is 26.2 Å². The summed E-state index contributed by atoms with van der Waals surface area (Å²) in [6.45, 7) is 6.88. The van der Waals surface area contributed by atoms with Gasteiger partial charge in [0, 0.05) is 38.3 Å². The lowest BCUT2D eigenvalue weighted by Gasteiger charge is -2.36. The Hall–Kier alpha value is -3.02. The Bertz CT molecular complexity index is 946. The van der Waals surface area contributed by atoms with Crippen LogP contribution in [-0.2, 0) is 4.79 Å². The monoisotopic (exact) mass is 408 g/mol. The first kappa shape index (κ1) is 20.3. The van der Waals surface area contributed by atoms with Crippen LogP contribution in [0.25, 0.3) is 0 Å². The molecule has 1 fully saturated rings. The topological polar surface area (TPSA) is 59.1 Å². The van der Waals surface area contributed by atoms with Crippen LogP contribution in [-0.4, -0.2) is 56.5 Å². The van der Waals surface area contributed by atoms with Gasteiger partial charge < -0.3 is 19.3 Å². The number of ether oxygens (including phenoxy) is 2. The van der Waals surface area contributed by atoms with Gasteiger partial charge in [0.2, 0.25) is 0 Å². The maximum Gasteiger partial charge on any atom is 0.260 e. The summed E-state index contributed by atoms with van der Waals surface area (Å²) >= 11 is 0. The van der Waals surface area contributed by atoms with Gasteiger partial charge in [0.15, 0.2) is 12.4 Å². The Morgan fingerprint density at radius 2 is 1.77 bits per heavy atom. The number of piperazine rings is 1. The normalized spacial score (nSPS) is 18.4. The zero-order valence-electron chi connectivity index (χ0n) is 17.8. The van der Waals surface area contributed by atoms with Gasteiger partial charge in [0.1, 0.15) is 11.5 Å². The highest BCUT2D eigenvalue weighted by Crippen LogP contribution is 2.40. The molecule has 6 nitrogen and oxygen atoms in total. The molecular weight excluding hydrogens is 380 g/mol. The van der Waals surface area contributed by atoms with Crippen LogP contribution < -0.4 is 14.4 Å². The Kier molecular flexibility index (Phi) is 5.66. The Morgan fingerprint density at radius 3 is 2.43 bits per heavy atom. The van der Waals surface area contributed by atoms with Crippen molar-refractivity contribution in [1.82, 2.24) is 4.90 Å². The molecule has 2 aromatic rings. The van der Waals surface area contributed by atoms with Crippen molar-refractivity contribution in [2.24, 2.45) is 0 Å². The molecule has 1 atom stereocenters. The number of nitrogens with zero attached hydrogens (tertiary/aromatic N) is 2. The summed E-state index contributed by atoms with van der Waals surface area (Å²) in [6, 6.07) is 11.8. The number of carbonyl (C=O) groups excluding carboxylic acids is 2. The molecule has 0 radical (unpaired) electrons. The number of carbonyl (C=O) groups is 2. The molecule has 2 aromatic carbocycles. The lowest BCUT2D eigenvalue weighted by atomic mass is 9.97. The number of methoxy groups -OCH3 is 1. The molecule has 0 bridgehead atoms. The van der Waals surface area contributed by atoms with E-state index in [1.54, 1.807) is 7.11 Å². The fraction of sp³-hybridized carbons (Fsp3) is 0.417. The molecular formula is C24H28N2O4. The van der Waals surface area contributed by atoms with Crippen LogP contribution in [0.15, 0.2) is 36.4 Å². The number of hydrogen-bond acceptors (Lipinski definition) is 5. The molecule has 0 spiro atoms. The fourth-order valence-corrected chi connectivity index (χ4v) is 4.47. The summed E-state index contributed by atoms with van der Waals surface area (Å²) in [4.78, 5) is 29.2. The van der Waals surface area contributed by atoms with Crippen molar-refractivity contribution in [3.05, 3.63) is 53.1 Å². The third-order valence-corrected chi connectivity index (χ3v) is 6.11. The second-order valence-corrected chi connectivity index (χ2v) is 8.05. The predicted molar refractivity (Wildman–Crippen MR) is 116 cm³/mol. The number of benzene rings is 2. The molecule has 0 unspecified atom stereocenters. The second kappa shape index (κ2) is 8.38. The minimum absolute atomic E-state index is 0.0420. The Balaban J connectivity index is 1.34. The minimum Gasteiger partial charge on any atom is -0.497 e. The molecule has 4 rings (SSSR count). The molecule has 6 heteroatoms. The van der Waals surface area contributed by atoms with E-state index in [0.717, 1.165) is 35.7 Å². The third-order valence-electron chi connectivity index (χ3n) is 6.11. The summed E-state index contributed by atoms with van der Waals surface area (Å²) in [7, 11) is 1.66. The van der Waals surface area contributed by atoms with Gasteiger partial charge in [-0.2, -0.15) is 0 Å². The number of rotatable bonds is 5. The first-order chi connectivity index (χ1) is 14.5. The maximum absolute atomic E-state index is 12.7. The van der Waals surface area contributed by atoms with Gasteiger partial charge in [0.25, 0.3) is 5.91 Å². The minimum atomic E-state index is -0.0443. The first-order valence-corrected chi connectivity index (χ1v) is 10.4. The van der Waals surface area contributed by atoms with Crippen molar-refractivity contribution in [1.29, 1.82) is 0 Å².